The number of benzene rings is 1. The summed E-state index contributed by atoms with van der Waals surface area (Å²) in [5.41, 5.74) is 1.99. The lowest BCUT2D eigenvalue weighted by Gasteiger charge is -2.11. The Morgan fingerprint density at radius 3 is 2.50 bits per heavy atom. The lowest BCUT2D eigenvalue weighted by molar-refractivity contribution is 0.458. The molecule has 0 aliphatic carbocycles. The van der Waals surface area contributed by atoms with E-state index in [2.05, 4.69) is 24.1 Å². The first-order chi connectivity index (χ1) is 9.54. The number of hydrogen-bond donors (Lipinski definition) is 1. The van der Waals surface area contributed by atoms with Crippen molar-refractivity contribution in [1.29, 1.82) is 0 Å². The number of halogens is 1. The largest absolute Gasteiger partial charge is 0.439 e. The molecule has 0 spiro atoms. The molecule has 0 atom stereocenters. The van der Waals surface area contributed by atoms with Crippen molar-refractivity contribution in [2.45, 2.75) is 33.4 Å². The molecule has 0 bridgehead atoms. The third-order valence-corrected chi connectivity index (χ3v) is 3.16. The summed E-state index contributed by atoms with van der Waals surface area (Å²) in [6, 6.07) is 11.8. The molecule has 106 valence electrons. The molecule has 0 amide bonds. The van der Waals surface area contributed by atoms with Crippen molar-refractivity contribution in [1.82, 2.24) is 10.3 Å². The Morgan fingerprint density at radius 1 is 1.15 bits per heavy atom. The Balaban J connectivity index is 2.12. The average Bonchev–Trinajstić information content (AvgIpc) is 2.42. The number of hydrogen-bond acceptors (Lipinski definition) is 3. The third-order valence-electron chi connectivity index (χ3n) is 2.81. The van der Waals surface area contributed by atoms with Crippen molar-refractivity contribution in [3.05, 3.63) is 52.7 Å². The van der Waals surface area contributed by atoms with Gasteiger partial charge in [0.15, 0.2) is 0 Å². The van der Waals surface area contributed by atoms with Crippen molar-refractivity contribution in [2.75, 3.05) is 0 Å². The number of pyridine rings is 1. The fourth-order valence-electron chi connectivity index (χ4n) is 1.67. The summed E-state index contributed by atoms with van der Waals surface area (Å²) < 4.78 is 5.74. The van der Waals surface area contributed by atoms with E-state index < -0.39 is 0 Å². The zero-order valence-corrected chi connectivity index (χ0v) is 12.7. The summed E-state index contributed by atoms with van der Waals surface area (Å²) in [4.78, 5) is 4.45. The minimum absolute atomic E-state index is 0.384. The molecule has 0 aliphatic heterocycles. The van der Waals surface area contributed by atoms with Gasteiger partial charge < -0.3 is 10.1 Å². The maximum Gasteiger partial charge on any atom is 0.219 e. The van der Waals surface area contributed by atoms with Crippen LogP contribution in [-0.4, -0.2) is 11.0 Å². The smallest absolute Gasteiger partial charge is 0.219 e. The molecule has 4 heteroatoms. The summed E-state index contributed by atoms with van der Waals surface area (Å²) in [7, 11) is 0. The number of rotatable bonds is 5. The Hall–Kier alpha value is -1.58. The van der Waals surface area contributed by atoms with Crippen LogP contribution in [0, 0.1) is 6.92 Å². The second-order valence-corrected chi connectivity index (χ2v) is 5.44. The van der Waals surface area contributed by atoms with Gasteiger partial charge in [0, 0.05) is 18.7 Å². The van der Waals surface area contributed by atoms with E-state index in [4.69, 9.17) is 16.3 Å². The molecule has 20 heavy (non-hydrogen) atoms. The minimum Gasteiger partial charge on any atom is -0.439 e. The molecule has 2 aromatic rings. The number of ether oxygens (including phenoxy) is 1. The van der Waals surface area contributed by atoms with Gasteiger partial charge in [0.1, 0.15) is 5.75 Å². The molecule has 0 aliphatic rings. The SMILES string of the molecule is Cc1ccc(Oc2ccc(Cl)c(CNC(C)C)n2)cc1. The summed E-state index contributed by atoms with van der Waals surface area (Å²) in [6.45, 7) is 6.84. The van der Waals surface area contributed by atoms with Crippen LogP contribution in [0.3, 0.4) is 0 Å². The van der Waals surface area contributed by atoms with E-state index in [1.165, 1.54) is 5.56 Å². The van der Waals surface area contributed by atoms with Gasteiger partial charge in [0.05, 0.1) is 10.7 Å². The highest BCUT2D eigenvalue weighted by Gasteiger charge is 2.06. The van der Waals surface area contributed by atoms with E-state index in [9.17, 15) is 0 Å². The van der Waals surface area contributed by atoms with Crippen LogP contribution in [0.25, 0.3) is 0 Å². The number of aryl methyl sites for hydroxylation is 1. The second-order valence-electron chi connectivity index (χ2n) is 5.03. The molecule has 2 rings (SSSR count). The van der Waals surface area contributed by atoms with Crippen molar-refractivity contribution in [2.24, 2.45) is 0 Å². The normalized spacial score (nSPS) is 10.8. The first-order valence-corrected chi connectivity index (χ1v) is 7.05. The molecule has 3 nitrogen and oxygen atoms in total. The standard InChI is InChI=1S/C16H19ClN2O/c1-11(2)18-10-15-14(17)8-9-16(19-15)20-13-6-4-12(3)5-7-13/h4-9,11,18H,10H2,1-3H3. The van der Waals surface area contributed by atoms with Crippen molar-refractivity contribution in [3.63, 3.8) is 0 Å². The molecule has 0 radical (unpaired) electrons. The van der Waals surface area contributed by atoms with E-state index in [0.29, 0.717) is 23.5 Å². The maximum absolute atomic E-state index is 6.15. The summed E-state index contributed by atoms with van der Waals surface area (Å²) in [5, 5.41) is 3.95. The highest BCUT2D eigenvalue weighted by molar-refractivity contribution is 6.31. The van der Waals surface area contributed by atoms with Crippen LogP contribution in [0.4, 0.5) is 0 Å². The molecular weight excluding hydrogens is 272 g/mol. The van der Waals surface area contributed by atoms with Crippen LogP contribution in [0.2, 0.25) is 5.02 Å². The Labute approximate surface area is 124 Å². The van der Waals surface area contributed by atoms with Crippen LogP contribution in [-0.2, 0) is 6.54 Å². The molecular formula is C16H19ClN2O. The first-order valence-electron chi connectivity index (χ1n) is 6.68. The molecule has 1 aromatic carbocycles. The van der Waals surface area contributed by atoms with Crippen LogP contribution in [0.15, 0.2) is 36.4 Å². The van der Waals surface area contributed by atoms with Crippen molar-refractivity contribution < 1.29 is 4.74 Å². The summed E-state index contributed by atoms with van der Waals surface area (Å²) in [6.07, 6.45) is 0. The van der Waals surface area contributed by atoms with E-state index in [-0.39, 0.29) is 0 Å². The predicted molar refractivity (Wildman–Crippen MR) is 82.5 cm³/mol. The van der Waals surface area contributed by atoms with Crippen LogP contribution in [0.5, 0.6) is 11.6 Å². The molecule has 1 N–H and O–H groups in total. The summed E-state index contributed by atoms with van der Waals surface area (Å²) in [5.74, 6) is 1.33. The average molecular weight is 291 g/mol. The quantitative estimate of drug-likeness (QED) is 0.890. The Morgan fingerprint density at radius 2 is 1.85 bits per heavy atom. The lowest BCUT2D eigenvalue weighted by atomic mass is 10.2. The molecule has 0 saturated heterocycles. The van der Waals surface area contributed by atoms with Gasteiger partial charge in [-0.3, -0.25) is 0 Å². The highest BCUT2D eigenvalue weighted by Crippen LogP contribution is 2.23. The Kier molecular flexibility index (Phi) is 4.99. The Bertz CT molecular complexity index is 567. The number of nitrogens with one attached hydrogen (secondary N) is 1. The van der Waals surface area contributed by atoms with E-state index in [0.717, 1.165) is 11.4 Å². The van der Waals surface area contributed by atoms with Crippen molar-refractivity contribution in [3.8, 4) is 11.6 Å². The molecule has 1 aromatic heterocycles. The zero-order valence-electron chi connectivity index (χ0n) is 12.0. The van der Waals surface area contributed by atoms with Crippen molar-refractivity contribution >= 4 is 11.6 Å². The predicted octanol–water partition coefficient (Wildman–Crippen LogP) is 4.33. The van der Waals surface area contributed by atoms with E-state index in [1.807, 2.05) is 37.3 Å². The van der Waals surface area contributed by atoms with Gasteiger partial charge in [0.25, 0.3) is 0 Å². The third kappa shape index (κ3) is 4.22. The summed E-state index contributed by atoms with van der Waals surface area (Å²) >= 11 is 6.15. The molecule has 0 fully saturated rings. The maximum atomic E-state index is 6.15. The van der Waals surface area contributed by atoms with Gasteiger partial charge >= 0.3 is 0 Å². The monoisotopic (exact) mass is 290 g/mol. The highest BCUT2D eigenvalue weighted by atomic mass is 35.5. The van der Waals surface area contributed by atoms with E-state index in [1.54, 1.807) is 6.07 Å². The van der Waals surface area contributed by atoms with Gasteiger partial charge in [-0.1, -0.05) is 43.1 Å². The zero-order chi connectivity index (χ0) is 14.5. The topological polar surface area (TPSA) is 34.1 Å². The van der Waals surface area contributed by atoms with Gasteiger partial charge in [0.2, 0.25) is 5.88 Å². The van der Waals surface area contributed by atoms with Crippen LogP contribution in [0.1, 0.15) is 25.1 Å². The van der Waals surface area contributed by atoms with Crippen LogP contribution >= 0.6 is 11.6 Å². The van der Waals surface area contributed by atoms with Gasteiger partial charge in [-0.15, -0.1) is 0 Å². The molecule has 0 unspecified atom stereocenters. The van der Waals surface area contributed by atoms with Gasteiger partial charge in [-0.05, 0) is 25.1 Å². The van der Waals surface area contributed by atoms with Gasteiger partial charge in [-0.2, -0.15) is 0 Å². The number of aromatic nitrogens is 1. The second kappa shape index (κ2) is 6.73. The molecule has 1 heterocycles. The number of nitrogens with zero attached hydrogens (tertiary/aromatic N) is 1. The fourth-order valence-corrected chi connectivity index (χ4v) is 1.85. The van der Waals surface area contributed by atoms with E-state index >= 15 is 0 Å². The fraction of sp³-hybridized carbons (Fsp3) is 0.312. The minimum atomic E-state index is 0.384. The molecule has 0 saturated carbocycles. The van der Waals surface area contributed by atoms with Crippen LogP contribution < -0.4 is 10.1 Å². The first kappa shape index (κ1) is 14.8. The van der Waals surface area contributed by atoms with Gasteiger partial charge in [-0.25, -0.2) is 4.98 Å². The lowest BCUT2D eigenvalue weighted by Crippen LogP contribution is -2.22.